The van der Waals surface area contributed by atoms with Gasteiger partial charge in [0.25, 0.3) is 0 Å². The van der Waals surface area contributed by atoms with Gasteiger partial charge in [0.1, 0.15) is 5.60 Å². The molecule has 3 N–H and O–H groups in total. The molecule has 0 aromatic heterocycles. The Bertz CT molecular complexity index is 529. The lowest BCUT2D eigenvalue weighted by Crippen LogP contribution is -2.46. The molecule has 1 aromatic carbocycles. The van der Waals surface area contributed by atoms with Crippen LogP contribution in [0.25, 0.3) is 0 Å². The third-order valence-corrected chi connectivity index (χ3v) is 3.86. The average Bonchev–Trinajstić information content (AvgIpc) is 2.41. The summed E-state index contributed by atoms with van der Waals surface area (Å²) in [6.45, 7) is 9.40. The number of carbonyl (C=O) groups excluding carboxylic acids is 1. The number of ether oxygens (including phenoxy) is 1. The van der Waals surface area contributed by atoms with E-state index in [0.717, 1.165) is 42.9 Å². The highest BCUT2D eigenvalue weighted by Gasteiger charge is 2.24. The van der Waals surface area contributed by atoms with Crippen LogP contribution in [0, 0.1) is 6.92 Å². The number of nitrogen functional groups attached to an aromatic ring is 1. The van der Waals surface area contributed by atoms with E-state index in [0.29, 0.717) is 0 Å². The standard InChI is InChI=1S/C17H27N3O2/c1-12-6-5-7-14(15(12)18)20-10-8-13(9-11-20)19-16(21)22-17(2,3)4/h5-7,13H,8-11,18H2,1-4H3,(H,19,21). The van der Waals surface area contributed by atoms with E-state index in [1.54, 1.807) is 0 Å². The largest absolute Gasteiger partial charge is 0.444 e. The molecule has 1 saturated heterocycles. The monoisotopic (exact) mass is 305 g/mol. The fourth-order valence-corrected chi connectivity index (χ4v) is 2.68. The summed E-state index contributed by atoms with van der Waals surface area (Å²) in [5.41, 5.74) is 8.75. The Morgan fingerprint density at radius 2 is 1.95 bits per heavy atom. The molecular formula is C17H27N3O2. The van der Waals surface area contributed by atoms with Crippen molar-refractivity contribution in [3.8, 4) is 0 Å². The van der Waals surface area contributed by atoms with Crippen molar-refractivity contribution >= 4 is 17.5 Å². The number of hydrogen-bond acceptors (Lipinski definition) is 4. The van der Waals surface area contributed by atoms with Crippen LogP contribution < -0.4 is 16.0 Å². The zero-order valence-corrected chi connectivity index (χ0v) is 14.0. The van der Waals surface area contributed by atoms with Crippen LogP contribution in [-0.4, -0.2) is 30.8 Å². The fraction of sp³-hybridized carbons (Fsp3) is 0.588. The van der Waals surface area contributed by atoms with E-state index < -0.39 is 5.60 Å². The van der Waals surface area contributed by atoms with Crippen LogP contribution in [0.1, 0.15) is 39.2 Å². The Kier molecular flexibility index (Phi) is 4.84. The zero-order chi connectivity index (χ0) is 16.3. The number of benzene rings is 1. The summed E-state index contributed by atoms with van der Waals surface area (Å²) in [6, 6.07) is 6.28. The van der Waals surface area contributed by atoms with E-state index in [1.807, 2.05) is 39.8 Å². The molecule has 0 bridgehead atoms. The Balaban J connectivity index is 1.88. The van der Waals surface area contributed by atoms with E-state index in [-0.39, 0.29) is 12.1 Å². The van der Waals surface area contributed by atoms with Gasteiger partial charge in [0.2, 0.25) is 0 Å². The highest BCUT2D eigenvalue weighted by atomic mass is 16.6. The number of nitrogens with zero attached hydrogens (tertiary/aromatic N) is 1. The topological polar surface area (TPSA) is 67.6 Å². The summed E-state index contributed by atoms with van der Waals surface area (Å²) in [4.78, 5) is 14.1. The summed E-state index contributed by atoms with van der Waals surface area (Å²) in [5, 5.41) is 2.95. The molecule has 1 aliphatic rings. The number of piperidine rings is 1. The zero-order valence-electron chi connectivity index (χ0n) is 14.0. The number of hydrogen-bond donors (Lipinski definition) is 2. The van der Waals surface area contributed by atoms with Crippen LogP contribution in [0.15, 0.2) is 18.2 Å². The van der Waals surface area contributed by atoms with Crippen molar-refractivity contribution < 1.29 is 9.53 Å². The Labute approximate surface area is 132 Å². The molecule has 5 nitrogen and oxygen atoms in total. The molecule has 122 valence electrons. The first-order chi connectivity index (χ1) is 10.3. The number of rotatable bonds is 2. The number of anilines is 2. The van der Waals surface area contributed by atoms with E-state index in [2.05, 4.69) is 16.3 Å². The van der Waals surface area contributed by atoms with Crippen LogP contribution in [0.2, 0.25) is 0 Å². The van der Waals surface area contributed by atoms with Crippen LogP contribution in [0.4, 0.5) is 16.2 Å². The number of alkyl carbamates (subject to hydrolysis) is 1. The van der Waals surface area contributed by atoms with Crippen LogP contribution in [0.3, 0.4) is 0 Å². The van der Waals surface area contributed by atoms with Gasteiger partial charge in [0.05, 0.1) is 11.4 Å². The third-order valence-electron chi connectivity index (χ3n) is 3.86. The summed E-state index contributed by atoms with van der Waals surface area (Å²) >= 11 is 0. The second kappa shape index (κ2) is 6.46. The Morgan fingerprint density at radius 3 is 2.55 bits per heavy atom. The minimum Gasteiger partial charge on any atom is -0.444 e. The first-order valence-corrected chi connectivity index (χ1v) is 7.86. The summed E-state index contributed by atoms with van der Waals surface area (Å²) in [7, 11) is 0. The van der Waals surface area contributed by atoms with E-state index in [9.17, 15) is 4.79 Å². The van der Waals surface area contributed by atoms with Gasteiger partial charge in [0, 0.05) is 19.1 Å². The maximum Gasteiger partial charge on any atom is 0.407 e. The van der Waals surface area contributed by atoms with Gasteiger partial charge in [-0.15, -0.1) is 0 Å². The molecule has 0 saturated carbocycles. The molecule has 0 unspecified atom stereocenters. The predicted octanol–water partition coefficient (Wildman–Crippen LogP) is 3.07. The second-order valence-electron chi connectivity index (χ2n) is 6.92. The van der Waals surface area contributed by atoms with Gasteiger partial charge in [-0.3, -0.25) is 0 Å². The lowest BCUT2D eigenvalue weighted by atomic mass is 10.0. The molecule has 1 fully saturated rings. The number of carbonyl (C=O) groups is 1. The number of nitrogens with one attached hydrogen (secondary N) is 1. The molecule has 1 amide bonds. The van der Waals surface area contributed by atoms with Crippen molar-refractivity contribution in [1.29, 1.82) is 0 Å². The van der Waals surface area contributed by atoms with Gasteiger partial charge in [0.15, 0.2) is 0 Å². The Morgan fingerprint density at radius 1 is 1.32 bits per heavy atom. The van der Waals surface area contributed by atoms with Gasteiger partial charge in [-0.1, -0.05) is 12.1 Å². The molecule has 2 rings (SSSR count). The molecule has 0 aliphatic carbocycles. The molecule has 0 atom stereocenters. The average molecular weight is 305 g/mol. The minimum atomic E-state index is -0.458. The van der Waals surface area contributed by atoms with Gasteiger partial charge in [-0.05, 0) is 52.2 Å². The second-order valence-corrected chi connectivity index (χ2v) is 6.92. The quantitative estimate of drug-likeness (QED) is 0.824. The summed E-state index contributed by atoms with van der Waals surface area (Å²) in [5.74, 6) is 0. The molecular weight excluding hydrogens is 278 g/mol. The van der Waals surface area contributed by atoms with E-state index in [4.69, 9.17) is 10.5 Å². The van der Waals surface area contributed by atoms with Crippen molar-refractivity contribution in [2.45, 2.75) is 52.2 Å². The van der Waals surface area contributed by atoms with Crippen molar-refractivity contribution in [2.24, 2.45) is 0 Å². The highest BCUT2D eigenvalue weighted by Crippen LogP contribution is 2.28. The summed E-state index contributed by atoms with van der Waals surface area (Å²) in [6.07, 6.45) is 1.46. The van der Waals surface area contributed by atoms with Crippen LogP contribution in [0.5, 0.6) is 0 Å². The fourth-order valence-electron chi connectivity index (χ4n) is 2.68. The first kappa shape index (κ1) is 16.5. The number of amides is 1. The highest BCUT2D eigenvalue weighted by molar-refractivity contribution is 5.71. The maximum absolute atomic E-state index is 11.8. The van der Waals surface area contributed by atoms with Gasteiger partial charge in [-0.2, -0.15) is 0 Å². The minimum absolute atomic E-state index is 0.164. The summed E-state index contributed by atoms with van der Waals surface area (Å²) < 4.78 is 5.30. The SMILES string of the molecule is Cc1cccc(N2CCC(NC(=O)OC(C)(C)C)CC2)c1N. The first-order valence-electron chi connectivity index (χ1n) is 7.86. The van der Waals surface area contributed by atoms with Crippen LogP contribution >= 0.6 is 0 Å². The van der Waals surface area contributed by atoms with Gasteiger partial charge < -0.3 is 20.7 Å². The molecule has 1 aliphatic heterocycles. The predicted molar refractivity (Wildman–Crippen MR) is 90.2 cm³/mol. The smallest absolute Gasteiger partial charge is 0.407 e. The lowest BCUT2D eigenvalue weighted by molar-refractivity contribution is 0.0497. The maximum atomic E-state index is 11.8. The van der Waals surface area contributed by atoms with Gasteiger partial charge in [-0.25, -0.2) is 4.79 Å². The number of para-hydroxylation sites is 1. The third kappa shape index (κ3) is 4.29. The molecule has 0 spiro atoms. The van der Waals surface area contributed by atoms with Gasteiger partial charge >= 0.3 is 6.09 Å². The Hall–Kier alpha value is -1.91. The van der Waals surface area contributed by atoms with Crippen molar-refractivity contribution in [1.82, 2.24) is 5.32 Å². The van der Waals surface area contributed by atoms with Crippen molar-refractivity contribution in [3.63, 3.8) is 0 Å². The molecule has 22 heavy (non-hydrogen) atoms. The van der Waals surface area contributed by atoms with Crippen LogP contribution in [-0.2, 0) is 4.74 Å². The molecule has 5 heteroatoms. The molecule has 1 aromatic rings. The molecule has 1 heterocycles. The van der Waals surface area contributed by atoms with Crippen molar-refractivity contribution in [2.75, 3.05) is 23.7 Å². The van der Waals surface area contributed by atoms with E-state index in [1.165, 1.54) is 0 Å². The number of nitrogens with two attached hydrogens (primary N) is 1. The van der Waals surface area contributed by atoms with E-state index >= 15 is 0 Å². The van der Waals surface area contributed by atoms with Crippen molar-refractivity contribution in [3.05, 3.63) is 23.8 Å². The number of aryl methyl sites for hydroxylation is 1. The molecule has 0 radical (unpaired) electrons. The normalized spacial score (nSPS) is 16.5. The lowest BCUT2D eigenvalue weighted by Gasteiger charge is -2.35.